The Morgan fingerprint density at radius 2 is 2.03 bits per heavy atom. The van der Waals surface area contributed by atoms with Gasteiger partial charge in [0.05, 0.1) is 17.7 Å². The van der Waals surface area contributed by atoms with Crippen LogP contribution in [0.15, 0.2) is 47.6 Å². The Labute approximate surface area is 194 Å². The fourth-order valence-corrected chi connectivity index (χ4v) is 5.31. The second-order valence-corrected chi connectivity index (χ2v) is 9.58. The van der Waals surface area contributed by atoms with Crippen LogP contribution >= 0.6 is 23.4 Å². The lowest BCUT2D eigenvalue weighted by atomic mass is 10.1. The van der Waals surface area contributed by atoms with Crippen molar-refractivity contribution in [1.82, 2.24) is 19.8 Å². The normalized spacial score (nSPS) is 19.2. The summed E-state index contributed by atoms with van der Waals surface area (Å²) in [7, 11) is 0. The number of rotatable bonds is 4. The van der Waals surface area contributed by atoms with Crippen molar-refractivity contribution in [3.8, 4) is 0 Å². The molecule has 1 fully saturated rings. The van der Waals surface area contributed by atoms with E-state index in [9.17, 15) is 9.59 Å². The highest BCUT2D eigenvalue weighted by Crippen LogP contribution is 2.37. The van der Waals surface area contributed by atoms with Crippen LogP contribution in [-0.2, 0) is 16.1 Å². The summed E-state index contributed by atoms with van der Waals surface area (Å²) in [5.74, 6) is 0.436. The van der Waals surface area contributed by atoms with E-state index in [1.165, 1.54) is 18.1 Å². The largest absolute Gasteiger partial charge is 0.383 e. The minimum absolute atomic E-state index is 0.0481. The molecule has 0 bridgehead atoms. The Hall–Kier alpha value is -2.88. The summed E-state index contributed by atoms with van der Waals surface area (Å²) in [6, 6.07) is 11.3. The SMILES string of the molecule is Nc1ncnc2cc(CN3CCN(CC4Sc5ccc(Cl)cc5NC4=O)CC3=O)ccc12. The van der Waals surface area contributed by atoms with E-state index in [0.717, 1.165) is 27.0 Å². The third kappa shape index (κ3) is 4.23. The zero-order valence-electron chi connectivity index (χ0n) is 17.1. The van der Waals surface area contributed by atoms with E-state index in [1.807, 2.05) is 40.1 Å². The van der Waals surface area contributed by atoms with Gasteiger partial charge in [-0.1, -0.05) is 17.7 Å². The molecule has 2 aliphatic rings. The number of thioether (sulfide) groups is 1. The van der Waals surface area contributed by atoms with E-state index in [2.05, 4.69) is 15.3 Å². The molecule has 0 spiro atoms. The molecule has 2 aromatic carbocycles. The topological polar surface area (TPSA) is 104 Å². The number of carbonyl (C=O) groups excluding carboxylic acids is 2. The van der Waals surface area contributed by atoms with E-state index in [1.54, 1.807) is 6.07 Å². The Kier molecular flexibility index (Phi) is 5.62. The van der Waals surface area contributed by atoms with Crippen molar-refractivity contribution < 1.29 is 9.59 Å². The van der Waals surface area contributed by atoms with Gasteiger partial charge >= 0.3 is 0 Å². The number of nitrogens with two attached hydrogens (primary N) is 1. The van der Waals surface area contributed by atoms with Crippen LogP contribution in [-0.4, -0.2) is 63.0 Å². The highest BCUT2D eigenvalue weighted by atomic mass is 35.5. The summed E-state index contributed by atoms with van der Waals surface area (Å²) in [6.07, 6.45) is 1.44. The number of anilines is 2. The molecule has 2 aliphatic heterocycles. The first kappa shape index (κ1) is 21.0. The minimum atomic E-state index is -0.270. The molecule has 3 N–H and O–H groups in total. The highest BCUT2D eigenvalue weighted by molar-refractivity contribution is 8.01. The molecular formula is C22H21ClN6O2S. The van der Waals surface area contributed by atoms with Gasteiger partial charge in [-0.05, 0) is 35.9 Å². The quantitative estimate of drug-likeness (QED) is 0.606. The van der Waals surface area contributed by atoms with Gasteiger partial charge in [0, 0.05) is 41.5 Å². The third-order valence-corrected chi connectivity index (χ3v) is 7.18. The molecular weight excluding hydrogens is 448 g/mol. The number of fused-ring (bicyclic) bond motifs is 2. The van der Waals surface area contributed by atoms with Crippen LogP contribution in [0.3, 0.4) is 0 Å². The number of nitrogens with zero attached hydrogens (tertiary/aromatic N) is 4. The molecule has 0 radical (unpaired) electrons. The lowest BCUT2D eigenvalue weighted by Gasteiger charge is -2.36. The van der Waals surface area contributed by atoms with Gasteiger partial charge in [-0.3, -0.25) is 14.5 Å². The average molecular weight is 469 g/mol. The molecule has 10 heteroatoms. The number of piperazine rings is 1. The highest BCUT2D eigenvalue weighted by Gasteiger charge is 2.32. The maximum Gasteiger partial charge on any atom is 0.239 e. The standard InChI is InChI=1S/C22H21ClN6O2S/c23-14-2-4-18-17(8-14)27-22(31)19(32-18)10-28-5-6-29(20(30)11-28)9-13-1-3-15-16(7-13)25-12-26-21(15)24/h1-4,7-8,12,19H,5-6,9-11H2,(H,27,31)(H2,24,25,26). The molecule has 3 heterocycles. The zero-order chi connectivity index (χ0) is 22.2. The van der Waals surface area contributed by atoms with Gasteiger partial charge in [0.25, 0.3) is 0 Å². The van der Waals surface area contributed by atoms with Crippen LogP contribution in [0.2, 0.25) is 5.02 Å². The van der Waals surface area contributed by atoms with E-state index in [0.29, 0.717) is 43.6 Å². The van der Waals surface area contributed by atoms with Gasteiger partial charge in [0.1, 0.15) is 17.4 Å². The Morgan fingerprint density at radius 3 is 2.88 bits per heavy atom. The molecule has 32 heavy (non-hydrogen) atoms. The predicted molar refractivity (Wildman–Crippen MR) is 126 cm³/mol. The summed E-state index contributed by atoms with van der Waals surface area (Å²) >= 11 is 7.53. The van der Waals surface area contributed by atoms with Gasteiger partial charge in [0.15, 0.2) is 0 Å². The van der Waals surface area contributed by atoms with Crippen molar-refractivity contribution in [2.24, 2.45) is 0 Å². The predicted octanol–water partition coefficient (Wildman–Crippen LogP) is 2.62. The van der Waals surface area contributed by atoms with Crippen molar-refractivity contribution in [2.75, 3.05) is 37.2 Å². The Morgan fingerprint density at radius 1 is 1.16 bits per heavy atom. The lowest BCUT2D eigenvalue weighted by molar-refractivity contribution is -0.137. The summed E-state index contributed by atoms with van der Waals surface area (Å²) in [5, 5.41) is 4.05. The lowest BCUT2D eigenvalue weighted by Crippen LogP contribution is -2.52. The second-order valence-electron chi connectivity index (χ2n) is 7.90. The molecule has 2 amide bonds. The molecule has 0 aliphatic carbocycles. The van der Waals surface area contributed by atoms with Gasteiger partial charge in [-0.15, -0.1) is 11.8 Å². The number of aromatic nitrogens is 2. The van der Waals surface area contributed by atoms with E-state index in [4.69, 9.17) is 17.3 Å². The van der Waals surface area contributed by atoms with Crippen LogP contribution in [0.1, 0.15) is 5.56 Å². The molecule has 1 unspecified atom stereocenters. The van der Waals surface area contributed by atoms with Crippen molar-refractivity contribution >= 4 is 57.6 Å². The number of halogens is 1. The maximum absolute atomic E-state index is 12.8. The molecule has 1 saturated heterocycles. The number of nitrogens with one attached hydrogen (secondary N) is 1. The zero-order valence-corrected chi connectivity index (χ0v) is 18.7. The molecule has 164 valence electrons. The maximum atomic E-state index is 12.8. The first-order valence-corrected chi connectivity index (χ1v) is 11.5. The van der Waals surface area contributed by atoms with Crippen LogP contribution in [0.25, 0.3) is 10.9 Å². The van der Waals surface area contributed by atoms with Crippen molar-refractivity contribution in [2.45, 2.75) is 16.7 Å². The summed E-state index contributed by atoms with van der Waals surface area (Å²) in [5.41, 5.74) is 8.39. The van der Waals surface area contributed by atoms with Gasteiger partial charge in [-0.25, -0.2) is 9.97 Å². The molecule has 8 nitrogen and oxygen atoms in total. The second kappa shape index (κ2) is 8.57. The van der Waals surface area contributed by atoms with Gasteiger partial charge in [0.2, 0.25) is 11.8 Å². The fourth-order valence-electron chi connectivity index (χ4n) is 4.00. The molecule has 1 aromatic heterocycles. The molecule has 1 atom stereocenters. The van der Waals surface area contributed by atoms with E-state index >= 15 is 0 Å². The first-order valence-electron chi connectivity index (χ1n) is 10.2. The Balaban J connectivity index is 1.21. The fraction of sp³-hybridized carbons (Fsp3) is 0.273. The molecule has 5 rings (SSSR count). The minimum Gasteiger partial charge on any atom is -0.383 e. The van der Waals surface area contributed by atoms with Crippen LogP contribution in [0, 0.1) is 0 Å². The number of hydrogen-bond donors (Lipinski definition) is 2. The number of nitrogen functional groups attached to an aromatic ring is 1. The average Bonchev–Trinajstić information content (AvgIpc) is 2.76. The van der Waals surface area contributed by atoms with Crippen LogP contribution in [0.4, 0.5) is 11.5 Å². The van der Waals surface area contributed by atoms with E-state index < -0.39 is 0 Å². The first-order chi connectivity index (χ1) is 15.5. The van der Waals surface area contributed by atoms with Gasteiger partial charge < -0.3 is 16.0 Å². The monoisotopic (exact) mass is 468 g/mol. The van der Waals surface area contributed by atoms with Gasteiger partial charge in [-0.2, -0.15) is 0 Å². The van der Waals surface area contributed by atoms with Crippen molar-refractivity contribution in [1.29, 1.82) is 0 Å². The molecule has 0 saturated carbocycles. The summed E-state index contributed by atoms with van der Waals surface area (Å²) < 4.78 is 0. The number of benzene rings is 2. The van der Waals surface area contributed by atoms with Crippen molar-refractivity contribution in [3.05, 3.63) is 53.3 Å². The number of amides is 2. The van der Waals surface area contributed by atoms with Crippen molar-refractivity contribution in [3.63, 3.8) is 0 Å². The molecule has 3 aromatic rings. The Bertz CT molecular complexity index is 1220. The summed E-state index contributed by atoms with van der Waals surface area (Å²) in [6.45, 7) is 2.64. The van der Waals surface area contributed by atoms with Crippen LogP contribution < -0.4 is 11.1 Å². The third-order valence-electron chi connectivity index (χ3n) is 5.69. The number of hydrogen-bond acceptors (Lipinski definition) is 7. The van der Waals surface area contributed by atoms with E-state index in [-0.39, 0.29) is 17.1 Å². The number of carbonyl (C=O) groups is 2. The van der Waals surface area contributed by atoms with Crippen LogP contribution in [0.5, 0.6) is 0 Å². The summed E-state index contributed by atoms with van der Waals surface area (Å²) in [4.78, 5) is 38.5. The smallest absolute Gasteiger partial charge is 0.239 e.